The molecule has 110 valence electrons. The molecule has 0 aromatic rings. The molecule has 1 aliphatic rings. The summed E-state index contributed by atoms with van der Waals surface area (Å²) in [6.45, 7) is 6.57. The van der Waals surface area contributed by atoms with Gasteiger partial charge in [0.05, 0.1) is 11.5 Å². The maximum absolute atomic E-state index is 11.7. The monoisotopic (exact) mass is 272 g/mol. The van der Waals surface area contributed by atoms with Gasteiger partial charge >= 0.3 is 12.0 Å². The number of carboxylic acid groups (broad SMARTS) is 1. The molecule has 2 atom stereocenters. The predicted octanol–water partition coefficient (Wildman–Crippen LogP) is 1.35. The molecule has 1 rings (SSSR count). The maximum Gasteiger partial charge on any atom is 0.315 e. The maximum atomic E-state index is 11.7. The molecule has 0 radical (unpaired) electrons. The molecule has 1 saturated heterocycles. The van der Waals surface area contributed by atoms with Crippen LogP contribution in [0.4, 0.5) is 4.79 Å². The number of rotatable bonds is 5. The second-order valence-corrected chi connectivity index (χ2v) is 5.60. The van der Waals surface area contributed by atoms with Crippen LogP contribution in [0.5, 0.6) is 0 Å². The highest BCUT2D eigenvalue weighted by Gasteiger charge is 2.29. The second-order valence-electron chi connectivity index (χ2n) is 5.60. The summed E-state index contributed by atoms with van der Waals surface area (Å²) in [7, 11) is 0. The first-order valence-corrected chi connectivity index (χ1v) is 6.75. The molecule has 0 aromatic heterocycles. The van der Waals surface area contributed by atoms with E-state index in [1.807, 2.05) is 13.8 Å². The van der Waals surface area contributed by atoms with Gasteiger partial charge in [0.1, 0.15) is 0 Å². The second kappa shape index (κ2) is 6.75. The highest BCUT2D eigenvalue weighted by atomic mass is 16.5. The summed E-state index contributed by atoms with van der Waals surface area (Å²) >= 11 is 0. The van der Waals surface area contributed by atoms with Gasteiger partial charge in [-0.25, -0.2) is 4.79 Å². The van der Waals surface area contributed by atoms with Crippen LogP contribution in [-0.2, 0) is 9.53 Å². The molecule has 6 nitrogen and oxygen atoms in total. The highest BCUT2D eigenvalue weighted by molar-refractivity contribution is 5.76. The van der Waals surface area contributed by atoms with Gasteiger partial charge in [-0.15, -0.1) is 0 Å². The highest BCUT2D eigenvalue weighted by Crippen LogP contribution is 2.23. The molecule has 19 heavy (non-hydrogen) atoms. The van der Waals surface area contributed by atoms with Gasteiger partial charge in [0.2, 0.25) is 0 Å². The third-order valence-corrected chi connectivity index (χ3v) is 3.38. The van der Waals surface area contributed by atoms with Crippen LogP contribution in [-0.4, -0.2) is 41.9 Å². The summed E-state index contributed by atoms with van der Waals surface area (Å²) in [5, 5.41) is 14.4. The van der Waals surface area contributed by atoms with Crippen LogP contribution in [0.25, 0.3) is 0 Å². The van der Waals surface area contributed by atoms with E-state index in [0.717, 1.165) is 12.8 Å². The minimum absolute atomic E-state index is 0.0775. The van der Waals surface area contributed by atoms with E-state index in [9.17, 15) is 9.59 Å². The topological polar surface area (TPSA) is 87.7 Å². The van der Waals surface area contributed by atoms with Crippen molar-refractivity contribution < 1.29 is 19.4 Å². The largest absolute Gasteiger partial charge is 0.481 e. The van der Waals surface area contributed by atoms with E-state index < -0.39 is 11.9 Å². The minimum atomic E-state index is -0.880. The lowest BCUT2D eigenvalue weighted by Gasteiger charge is -2.35. The van der Waals surface area contributed by atoms with Crippen LogP contribution < -0.4 is 10.6 Å². The van der Waals surface area contributed by atoms with Crippen molar-refractivity contribution >= 4 is 12.0 Å². The van der Waals surface area contributed by atoms with Crippen LogP contribution in [0.15, 0.2) is 0 Å². The Balaban J connectivity index is 2.33. The molecule has 2 unspecified atom stereocenters. The fraction of sp³-hybridized carbons (Fsp3) is 0.846. The Hall–Kier alpha value is -1.30. The predicted molar refractivity (Wildman–Crippen MR) is 71.0 cm³/mol. The third kappa shape index (κ3) is 5.46. The summed E-state index contributed by atoms with van der Waals surface area (Å²) < 4.78 is 5.57. The first-order chi connectivity index (χ1) is 8.84. The Morgan fingerprint density at radius 2 is 2.16 bits per heavy atom. The van der Waals surface area contributed by atoms with Gasteiger partial charge in [0, 0.05) is 19.2 Å². The van der Waals surface area contributed by atoms with Crippen LogP contribution in [0.3, 0.4) is 0 Å². The first-order valence-electron chi connectivity index (χ1n) is 6.75. The van der Waals surface area contributed by atoms with Crippen molar-refractivity contribution in [3.05, 3.63) is 0 Å². The third-order valence-electron chi connectivity index (χ3n) is 3.38. The van der Waals surface area contributed by atoms with Crippen molar-refractivity contribution in [2.24, 2.45) is 5.92 Å². The van der Waals surface area contributed by atoms with Crippen LogP contribution in [0.1, 0.15) is 40.0 Å². The number of amides is 2. The van der Waals surface area contributed by atoms with Gasteiger partial charge < -0.3 is 20.5 Å². The van der Waals surface area contributed by atoms with E-state index in [-0.39, 0.29) is 24.2 Å². The van der Waals surface area contributed by atoms with Crippen molar-refractivity contribution in [3.63, 3.8) is 0 Å². The zero-order valence-corrected chi connectivity index (χ0v) is 11.9. The Kier molecular flexibility index (Phi) is 5.60. The van der Waals surface area contributed by atoms with Crippen LogP contribution in [0, 0.1) is 5.92 Å². The number of carboxylic acids is 1. The van der Waals surface area contributed by atoms with Crippen molar-refractivity contribution in [3.8, 4) is 0 Å². The summed E-state index contributed by atoms with van der Waals surface area (Å²) in [6, 6.07) is -0.226. The van der Waals surface area contributed by atoms with Crippen LogP contribution in [0.2, 0.25) is 0 Å². The summed E-state index contributed by atoms with van der Waals surface area (Å²) in [6.07, 6.45) is 2.05. The number of hydrogen-bond donors (Lipinski definition) is 3. The Bertz CT molecular complexity index is 331. The van der Waals surface area contributed by atoms with Gasteiger partial charge in [-0.05, 0) is 33.1 Å². The van der Waals surface area contributed by atoms with Crippen LogP contribution >= 0.6 is 0 Å². The fourth-order valence-corrected chi connectivity index (χ4v) is 2.21. The molecule has 1 fully saturated rings. The van der Waals surface area contributed by atoms with E-state index in [1.165, 1.54) is 0 Å². The number of hydrogen-bond acceptors (Lipinski definition) is 3. The van der Waals surface area contributed by atoms with E-state index >= 15 is 0 Å². The number of carbonyl (C=O) groups is 2. The van der Waals surface area contributed by atoms with E-state index in [0.29, 0.717) is 13.0 Å². The standard InChI is InChI=1S/C13H24N2O4/c1-4-9(11(16)17)8-14-12(18)15-10-5-6-19-13(2,3)7-10/h9-10H,4-8H2,1-3H3,(H,16,17)(H2,14,15,18). The molecule has 0 aliphatic carbocycles. The summed E-state index contributed by atoms with van der Waals surface area (Å²) in [5.41, 5.74) is -0.219. The molecule has 0 spiro atoms. The lowest BCUT2D eigenvalue weighted by atomic mass is 9.94. The van der Waals surface area contributed by atoms with Gasteiger partial charge in [-0.3, -0.25) is 4.79 Å². The van der Waals surface area contributed by atoms with Crippen molar-refractivity contribution in [1.29, 1.82) is 0 Å². The number of ether oxygens (including phenoxy) is 1. The Morgan fingerprint density at radius 3 is 2.68 bits per heavy atom. The lowest BCUT2D eigenvalue weighted by Crippen LogP contribution is -2.49. The lowest BCUT2D eigenvalue weighted by molar-refractivity contribution is -0.141. The smallest absolute Gasteiger partial charge is 0.315 e. The molecule has 0 aromatic carbocycles. The van der Waals surface area contributed by atoms with Gasteiger partial charge in [0.15, 0.2) is 0 Å². The molecule has 0 bridgehead atoms. The zero-order valence-electron chi connectivity index (χ0n) is 11.9. The fourth-order valence-electron chi connectivity index (χ4n) is 2.21. The zero-order chi connectivity index (χ0) is 14.5. The average molecular weight is 272 g/mol. The summed E-state index contributed by atoms with van der Waals surface area (Å²) in [4.78, 5) is 22.5. The van der Waals surface area contributed by atoms with Gasteiger partial charge in [0.25, 0.3) is 0 Å². The first kappa shape index (κ1) is 15.8. The summed E-state index contributed by atoms with van der Waals surface area (Å²) in [5.74, 6) is -1.41. The molecule has 1 aliphatic heterocycles. The van der Waals surface area contributed by atoms with Gasteiger partial charge in [-0.2, -0.15) is 0 Å². The molecule has 2 amide bonds. The number of carbonyl (C=O) groups excluding carboxylic acids is 1. The molecule has 1 heterocycles. The SMILES string of the molecule is CCC(CNC(=O)NC1CCOC(C)(C)C1)C(=O)O. The molecular weight excluding hydrogens is 248 g/mol. The minimum Gasteiger partial charge on any atom is -0.481 e. The number of nitrogens with one attached hydrogen (secondary N) is 2. The molecular formula is C13H24N2O4. The van der Waals surface area contributed by atoms with E-state index in [1.54, 1.807) is 6.92 Å². The Labute approximate surface area is 113 Å². The van der Waals surface area contributed by atoms with Crippen molar-refractivity contribution in [2.75, 3.05) is 13.2 Å². The number of urea groups is 1. The average Bonchev–Trinajstić information content (AvgIpc) is 2.27. The molecule has 0 saturated carbocycles. The molecule has 6 heteroatoms. The van der Waals surface area contributed by atoms with Crippen molar-refractivity contribution in [2.45, 2.75) is 51.7 Å². The van der Waals surface area contributed by atoms with E-state index in [4.69, 9.17) is 9.84 Å². The van der Waals surface area contributed by atoms with Crippen molar-refractivity contribution in [1.82, 2.24) is 10.6 Å². The quantitative estimate of drug-likeness (QED) is 0.705. The Morgan fingerprint density at radius 1 is 1.47 bits per heavy atom. The number of aliphatic carboxylic acids is 1. The van der Waals surface area contributed by atoms with E-state index in [2.05, 4.69) is 10.6 Å². The molecule has 3 N–H and O–H groups in total. The normalized spacial score (nSPS) is 23.4. The van der Waals surface area contributed by atoms with Gasteiger partial charge in [-0.1, -0.05) is 6.92 Å².